The topological polar surface area (TPSA) is 32.8 Å². The van der Waals surface area contributed by atoms with E-state index in [4.69, 9.17) is 4.74 Å². The molecule has 0 aromatic heterocycles. The number of carbonyl (C=O) groups is 1. The van der Waals surface area contributed by atoms with E-state index in [9.17, 15) is 4.79 Å². The first kappa shape index (κ1) is 18.2. The highest BCUT2D eigenvalue weighted by atomic mass is 127. The van der Waals surface area contributed by atoms with Crippen LogP contribution >= 0.6 is 22.6 Å². The number of hydrogen-bond donors (Lipinski definition) is 0. The molecule has 1 amide bonds. The van der Waals surface area contributed by atoms with Crippen LogP contribution in [0, 0.1) is 3.57 Å². The van der Waals surface area contributed by atoms with E-state index in [-0.39, 0.29) is 5.91 Å². The molecule has 1 heterocycles. The highest BCUT2D eigenvalue weighted by Crippen LogP contribution is 2.17. The van der Waals surface area contributed by atoms with Crippen LogP contribution in [0.2, 0.25) is 0 Å². The molecule has 2 aromatic carbocycles. The Morgan fingerprint density at radius 2 is 1.72 bits per heavy atom. The molecule has 0 saturated carbocycles. The van der Waals surface area contributed by atoms with Gasteiger partial charge in [0.2, 0.25) is 0 Å². The third-order valence-electron chi connectivity index (χ3n) is 4.40. The Kier molecular flexibility index (Phi) is 6.31. The van der Waals surface area contributed by atoms with Crippen LogP contribution in [0.4, 0.5) is 0 Å². The monoisotopic (exact) mass is 450 g/mol. The quantitative estimate of drug-likeness (QED) is 0.653. The summed E-state index contributed by atoms with van der Waals surface area (Å²) >= 11 is 2.23. The van der Waals surface area contributed by atoms with Gasteiger partial charge >= 0.3 is 0 Å². The van der Waals surface area contributed by atoms with Crippen LogP contribution in [-0.2, 0) is 6.54 Å². The van der Waals surface area contributed by atoms with E-state index in [0.717, 1.165) is 47.6 Å². The molecule has 1 aliphatic rings. The zero-order valence-corrected chi connectivity index (χ0v) is 16.6. The van der Waals surface area contributed by atoms with Gasteiger partial charge in [0.25, 0.3) is 5.91 Å². The van der Waals surface area contributed by atoms with Crippen molar-refractivity contribution in [3.05, 3.63) is 63.2 Å². The van der Waals surface area contributed by atoms with Crippen LogP contribution in [0.1, 0.15) is 22.8 Å². The molecule has 0 radical (unpaired) electrons. The van der Waals surface area contributed by atoms with Crippen molar-refractivity contribution in [2.24, 2.45) is 0 Å². The first-order valence-corrected chi connectivity index (χ1v) is 9.73. The number of benzene rings is 2. The smallest absolute Gasteiger partial charge is 0.255 e. The minimum Gasteiger partial charge on any atom is -0.494 e. The molecule has 4 nitrogen and oxygen atoms in total. The zero-order valence-electron chi connectivity index (χ0n) is 14.5. The van der Waals surface area contributed by atoms with Gasteiger partial charge in [-0.1, -0.05) is 24.3 Å². The van der Waals surface area contributed by atoms with Crippen molar-refractivity contribution >= 4 is 28.5 Å². The number of nitrogens with zero attached hydrogens (tertiary/aromatic N) is 2. The van der Waals surface area contributed by atoms with Crippen molar-refractivity contribution in [1.82, 2.24) is 9.80 Å². The first-order chi connectivity index (χ1) is 12.2. The molecule has 1 saturated heterocycles. The maximum atomic E-state index is 12.7. The number of halogens is 1. The summed E-state index contributed by atoms with van der Waals surface area (Å²) in [6.07, 6.45) is 0. The SMILES string of the molecule is CCOc1ccc(CN2CCN(C(=O)c3ccccc3I)CC2)cc1. The second kappa shape index (κ2) is 8.67. The molecule has 0 aliphatic carbocycles. The third-order valence-corrected chi connectivity index (χ3v) is 5.34. The van der Waals surface area contributed by atoms with Crippen LogP contribution < -0.4 is 4.74 Å². The van der Waals surface area contributed by atoms with Gasteiger partial charge in [-0.25, -0.2) is 0 Å². The van der Waals surface area contributed by atoms with E-state index in [1.807, 2.05) is 48.2 Å². The number of piperazine rings is 1. The summed E-state index contributed by atoms with van der Waals surface area (Å²) in [5.74, 6) is 1.06. The van der Waals surface area contributed by atoms with Crippen molar-refractivity contribution in [2.75, 3.05) is 32.8 Å². The van der Waals surface area contributed by atoms with Crippen molar-refractivity contribution < 1.29 is 9.53 Å². The van der Waals surface area contributed by atoms with Gasteiger partial charge in [-0.15, -0.1) is 0 Å². The molecule has 0 spiro atoms. The predicted octanol–water partition coefficient (Wildman–Crippen LogP) is 3.65. The number of ether oxygens (including phenoxy) is 1. The Bertz CT molecular complexity index is 710. The summed E-state index contributed by atoms with van der Waals surface area (Å²) in [6.45, 7) is 6.96. The van der Waals surface area contributed by atoms with E-state index < -0.39 is 0 Å². The Labute approximate surface area is 162 Å². The maximum absolute atomic E-state index is 12.7. The van der Waals surface area contributed by atoms with Crippen LogP contribution in [0.25, 0.3) is 0 Å². The minimum atomic E-state index is 0.144. The van der Waals surface area contributed by atoms with Crippen molar-refractivity contribution in [1.29, 1.82) is 0 Å². The summed E-state index contributed by atoms with van der Waals surface area (Å²) in [5.41, 5.74) is 2.09. The molecule has 0 N–H and O–H groups in total. The molecule has 0 atom stereocenters. The van der Waals surface area contributed by atoms with Crippen molar-refractivity contribution in [3.8, 4) is 5.75 Å². The van der Waals surface area contributed by atoms with Gasteiger partial charge in [0.15, 0.2) is 0 Å². The van der Waals surface area contributed by atoms with Crippen LogP contribution in [0.5, 0.6) is 5.75 Å². The molecule has 1 fully saturated rings. The van der Waals surface area contributed by atoms with E-state index in [0.29, 0.717) is 6.61 Å². The fraction of sp³-hybridized carbons (Fsp3) is 0.350. The van der Waals surface area contributed by atoms with Crippen molar-refractivity contribution in [2.45, 2.75) is 13.5 Å². The summed E-state index contributed by atoms with van der Waals surface area (Å²) in [5, 5.41) is 0. The van der Waals surface area contributed by atoms with Gasteiger partial charge in [0, 0.05) is 36.3 Å². The number of rotatable bonds is 5. The Morgan fingerprint density at radius 1 is 1.04 bits per heavy atom. The summed E-state index contributed by atoms with van der Waals surface area (Å²) in [7, 11) is 0. The van der Waals surface area contributed by atoms with Gasteiger partial charge in [-0.3, -0.25) is 9.69 Å². The van der Waals surface area contributed by atoms with E-state index in [1.165, 1.54) is 5.56 Å². The normalized spacial score (nSPS) is 15.2. The molecule has 132 valence electrons. The molecular weight excluding hydrogens is 427 g/mol. The lowest BCUT2D eigenvalue weighted by atomic mass is 10.1. The fourth-order valence-electron chi connectivity index (χ4n) is 3.03. The lowest BCUT2D eigenvalue weighted by molar-refractivity contribution is 0.0627. The Balaban J connectivity index is 1.53. The van der Waals surface area contributed by atoms with E-state index >= 15 is 0 Å². The van der Waals surface area contributed by atoms with Gasteiger partial charge in [0.1, 0.15) is 5.75 Å². The molecule has 0 unspecified atom stereocenters. The van der Waals surface area contributed by atoms with Gasteiger partial charge < -0.3 is 9.64 Å². The Hall–Kier alpha value is -1.60. The second-order valence-corrected chi connectivity index (χ2v) is 7.29. The molecule has 3 rings (SSSR count). The molecule has 0 bridgehead atoms. The van der Waals surface area contributed by atoms with Crippen LogP contribution in [0.3, 0.4) is 0 Å². The first-order valence-electron chi connectivity index (χ1n) is 8.65. The summed E-state index contributed by atoms with van der Waals surface area (Å²) in [6, 6.07) is 16.1. The molecule has 5 heteroatoms. The Morgan fingerprint density at radius 3 is 2.36 bits per heavy atom. The minimum absolute atomic E-state index is 0.144. The second-order valence-electron chi connectivity index (χ2n) is 6.13. The van der Waals surface area contributed by atoms with Gasteiger partial charge in [-0.2, -0.15) is 0 Å². The van der Waals surface area contributed by atoms with Crippen LogP contribution in [0.15, 0.2) is 48.5 Å². The number of amides is 1. The van der Waals surface area contributed by atoms with E-state index in [1.54, 1.807) is 0 Å². The largest absolute Gasteiger partial charge is 0.494 e. The number of carbonyl (C=O) groups excluding carboxylic acids is 1. The molecular formula is C20H23IN2O2. The highest BCUT2D eigenvalue weighted by molar-refractivity contribution is 14.1. The fourth-order valence-corrected chi connectivity index (χ4v) is 3.65. The highest BCUT2D eigenvalue weighted by Gasteiger charge is 2.23. The lowest BCUT2D eigenvalue weighted by Crippen LogP contribution is -2.48. The molecule has 25 heavy (non-hydrogen) atoms. The summed E-state index contributed by atoms with van der Waals surface area (Å²) < 4.78 is 6.50. The molecule has 1 aliphatic heterocycles. The maximum Gasteiger partial charge on any atom is 0.255 e. The predicted molar refractivity (Wildman–Crippen MR) is 108 cm³/mol. The zero-order chi connectivity index (χ0) is 17.6. The number of hydrogen-bond acceptors (Lipinski definition) is 3. The standard InChI is InChI=1S/C20H23IN2O2/c1-2-25-17-9-7-16(8-10-17)15-22-11-13-23(14-12-22)20(24)18-5-3-4-6-19(18)21/h3-10H,2,11-15H2,1H3. The third kappa shape index (κ3) is 4.73. The van der Waals surface area contributed by atoms with Gasteiger partial charge in [-0.05, 0) is 59.3 Å². The average Bonchev–Trinajstić information content (AvgIpc) is 2.64. The van der Waals surface area contributed by atoms with Gasteiger partial charge in [0.05, 0.1) is 12.2 Å². The molecule has 2 aromatic rings. The average molecular weight is 450 g/mol. The van der Waals surface area contributed by atoms with Crippen molar-refractivity contribution in [3.63, 3.8) is 0 Å². The summed E-state index contributed by atoms with van der Waals surface area (Å²) in [4.78, 5) is 17.0. The lowest BCUT2D eigenvalue weighted by Gasteiger charge is -2.35. The van der Waals surface area contributed by atoms with Crippen LogP contribution in [-0.4, -0.2) is 48.5 Å². The van der Waals surface area contributed by atoms with E-state index in [2.05, 4.69) is 39.6 Å².